The number of methoxy groups -OCH3 is 1. The third-order valence-corrected chi connectivity index (χ3v) is 1.49. The summed E-state index contributed by atoms with van der Waals surface area (Å²) in [6, 6.07) is 0. The second kappa shape index (κ2) is 2.90. The Balaban J connectivity index is 2.93. The summed E-state index contributed by atoms with van der Waals surface area (Å²) < 4.78 is 5.72. The number of ether oxygens (including phenoxy) is 1. The normalized spacial score (nSPS) is 15.2. The Bertz CT molecular complexity index is 267. The van der Waals surface area contributed by atoms with Gasteiger partial charge in [-0.15, -0.1) is 0 Å². The predicted molar refractivity (Wildman–Crippen MR) is 39.9 cm³/mol. The van der Waals surface area contributed by atoms with Crippen molar-refractivity contribution in [2.45, 2.75) is 12.6 Å². The summed E-state index contributed by atoms with van der Waals surface area (Å²) in [5.41, 5.74) is 4.34. The fraction of sp³-hybridized carbons (Fsp3) is 0.500. The van der Waals surface area contributed by atoms with Crippen LogP contribution in [-0.2, 0) is 15.2 Å². The lowest BCUT2D eigenvalue weighted by molar-refractivity contribution is -0.150. The second-order valence-corrected chi connectivity index (χ2v) is 2.48. The van der Waals surface area contributed by atoms with Gasteiger partial charge in [-0.05, 0) is 6.92 Å². The van der Waals surface area contributed by atoms with Crippen LogP contribution in [0.1, 0.15) is 6.92 Å². The number of aromatic nitrogens is 3. The van der Waals surface area contributed by atoms with E-state index < -0.39 is 11.6 Å². The smallest absolute Gasteiger partial charge is 0.348 e. The van der Waals surface area contributed by atoms with Crippen LogP contribution in [0, 0.1) is 0 Å². The Hall–Kier alpha value is -1.43. The molecule has 12 heavy (non-hydrogen) atoms. The number of nitrogens with two attached hydrogens (primary N) is 1. The molecule has 1 aromatic rings. The second-order valence-electron chi connectivity index (χ2n) is 2.48. The summed E-state index contributed by atoms with van der Waals surface area (Å²) in [4.78, 5) is 14.8. The molecule has 1 aromatic heterocycles. The number of nitrogens with zero attached hydrogens (tertiary/aromatic N) is 3. The van der Waals surface area contributed by atoms with Crippen LogP contribution >= 0.6 is 0 Å². The van der Waals surface area contributed by atoms with Crippen LogP contribution in [0.2, 0.25) is 0 Å². The Kier molecular flexibility index (Phi) is 2.09. The standard InChI is InChI=1S/C6H10N4O2/c1-6(7,5(11)12-2)10-4-8-3-9-10/h3-4H,7H2,1-2H3/t6-/m0/s1. The molecule has 66 valence electrons. The van der Waals surface area contributed by atoms with Crippen LogP contribution in [0.5, 0.6) is 0 Å². The topological polar surface area (TPSA) is 83.0 Å². The molecule has 1 atom stereocenters. The van der Waals surface area contributed by atoms with Crippen LogP contribution < -0.4 is 5.73 Å². The molecule has 0 amide bonds. The number of esters is 1. The van der Waals surface area contributed by atoms with Gasteiger partial charge in [0.1, 0.15) is 12.7 Å². The lowest BCUT2D eigenvalue weighted by Gasteiger charge is -2.20. The van der Waals surface area contributed by atoms with Crippen LogP contribution in [-0.4, -0.2) is 27.8 Å². The maximum Gasteiger partial charge on any atom is 0.348 e. The molecule has 2 N–H and O–H groups in total. The highest BCUT2D eigenvalue weighted by Gasteiger charge is 2.32. The zero-order valence-electron chi connectivity index (χ0n) is 6.89. The summed E-state index contributed by atoms with van der Waals surface area (Å²) in [6.07, 6.45) is 2.66. The summed E-state index contributed by atoms with van der Waals surface area (Å²) in [5.74, 6) is -0.562. The zero-order valence-corrected chi connectivity index (χ0v) is 6.89. The van der Waals surface area contributed by atoms with E-state index >= 15 is 0 Å². The first-order valence-electron chi connectivity index (χ1n) is 3.31. The summed E-state index contributed by atoms with van der Waals surface area (Å²) in [5, 5.41) is 3.74. The summed E-state index contributed by atoms with van der Waals surface area (Å²) >= 11 is 0. The molecule has 1 heterocycles. The molecule has 6 heteroatoms. The van der Waals surface area contributed by atoms with E-state index in [1.165, 1.54) is 31.4 Å². The monoisotopic (exact) mass is 170 g/mol. The minimum atomic E-state index is -1.29. The van der Waals surface area contributed by atoms with Gasteiger partial charge in [0, 0.05) is 0 Å². The van der Waals surface area contributed by atoms with Gasteiger partial charge < -0.3 is 4.74 Å². The van der Waals surface area contributed by atoms with E-state index in [-0.39, 0.29) is 0 Å². The zero-order chi connectivity index (χ0) is 9.19. The van der Waals surface area contributed by atoms with E-state index in [0.29, 0.717) is 0 Å². The quantitative estimate of drug-likeness (QED) is 0.580. The van der Waals surface area contributed by atoms with Gasteiger partial charge in [0.2, 0.25) is 5.66 Å². The van der Waals surface area contributed by atoms with Gasteiger partial charge in [-0.2, -0.15) is 5.10 Å². The van der Waals surface area contributed by atoms with Crippen LogP contribution in [0.15, 0.2) is 12.7 Å². The molecule has 0 aliphatic carbocycles. The molecule has 6 nitrogen and oxygen atoms in total. The molecule has 0 saturated carbocycles. The molecule has 0 unspecified atom stereocenters. The van der Waals surface area contributed by atoms with Crippen molar-refractivity contribution in [3.05, 3.63) is 12.7 Å². The van der Waals surface area contributed by atoms with E-state index in [1.54, 1.807) is 0 Å². The maximum absolute atomic E-state index is 11.1. The highest BCUT2D eigenvalue weighted by atomic mass is 16.5. The molecular formula is C6H10N4O2. The third-order valence-electron chi connectivity index (χ3n) is 1.49. The van der Waals surface area contributed by atoms with E-state index in [9.17, 15) is 4.79 Å². The van der Waals surface area contributed by atoms with Crippen molar-refractivity contribution >= 4 is 5.97 Å². The lowest BCUT2D eigenvalue weighted by Crippen LogP contribution is -2.48. The van der Waals surface area contributed by atoms with E-state index in [1.807, 2.05) is 0 Å². The van der Waals surface area contributed by atoms with Crippen molar-refractivity contribution in [3.63, 3.8) is 0 Å². The number of hydrogen-bond acceptors (Lipinski definition) is 5. The van der Waals surface area contributed by atoms with Crippen molar-refractivity contribution in [3.8, 4) is 0 Å². The minimum absolute atomic E-state index is 0.562. The first-order chi connectivity index (χ1) is 5.59. The van der Waals surface area contributed by atoms with Gasteiger partial charge in [-0.1, -0.05) is 0 Å². The Labute approximate surface area is 69.3 Å². The van der Waals surface area contributed by atoms with Crippen LogP contribution in [0.25, 0.3) is 0 Å². The summed E-state index contributed by atoms with van der Waals surface area (Å²) in [6.45, 7) is 1.49. The maximum atomic E-state index is 11.1. The Morgan fingerprint density at radius 3 is 2.83 bits per heavy atom. The molecule has 0 aromatic carbocycles. The van der Waals surface area contributed by atoms with Crippen molar-refractivity contribution in [2.24, 2.45) is 5.73 Å². The van der Waals surface area contributed by atoms with Gasteiger partial charge in [0.25, 0.3) is 0 Å². The van der Waals surface area contributed by atoms with Gasteiger partial charge in [0.15, 0.2) is 0 Å². The average Bonchev–Trinajstić information content (AvgIpc) is 2.55. The van der Waals surface area contributed by atoms with E-state index in [0.717, 1.165) is 0 Å². The van der Waals surface area contributed by atoms with Gasteiger partial charge >= 0.3 is 5.97 Å². The van der Waals surface area contributed by atoms with E-state index in [4.69, 9.17) is 5.73 Å². The molecule has 0 bridgehead atoms. The fourth-order valence-corrected chi connectivity index (χ4v) is 0.748. The first kappa shape index (κ1) is 8.66. The summed E-state index contributed by atoms with van der Waals surface area (Å²) in [7, 11) is 1.27. The largest absolute Gasteiger partial charge is 0.466 e. The van der Waals surface area contributed by atoms with Crippen LogP contribution in [0.4, 0.5) is 0 Å². The van der Waals surface area contributed by atoms with Gasteiger partial charge in [0.05, 0.1) is 7.11 Å². The molecule has 0 fully saturated rings. The average molecular weight is 170 g/mol. The molecular weight excluding hydrogens is 160 g/mol. The van der Waals surface area contributed by atoms with Gasteiger partial charge in [-0.3, -0.25) is 5.73 Å². The van der Waals surface area contributed by atoms with Crippen molar-refractivity contribution in [1.29, 1.82) is 0 Å². The highest BCUT2D eigenvalue weighted by Crippen LogP contribution is 2.06. The first-order valence-corrected chi connectivity index (χ1v) is 3.31. The molecule has 1 rings (SSSR count). The molecule has 0 saturated heterocycles. The number of carbonyl (C=O) groups is 1. The van der Waals surface area contributed by atoms with Crippen molar-refractivity contribution < 1.29 is 9.53 Å². The molecule has 0 radical (unpaired) electrons. The Morgan fingerprint density at radius 1 is 1.75 bits per heavy atom. The number of hydrogen-bond donors (Lipinski definition) is 1. The lowest BCUT2D eigenvalue weighted by atomic mass is 10.2. The number of carbonyl (C=O) groups excluding carboxylic acids is 1. The Morgan fingerprint density at radius 2 is 2.42 bits per heavy atom. The molecule has 0 aliphatic rings. The van der Waals surface area contributed by atoms with Crippen LogP contribution in [0.3, 0.4) is 0 Å². The molecule has 0 aliphatic heterocycles. The SMILES string of the molecule is COC(=O)[C@@](C)(N)n1cncn1. The fourth-order valence-electron chi connectivity index (χ4n) is 0.748. The third kappa shape index (κ3) is 1.28. The van der Waals surface area contributed by atoms with E-state index in [2.05, 4.69) is 14.8 Å². The molecule has 0 spiro atoms. The highest BCUT2D eigenvalue weighted by molar-refractivity contribution is 5.77. The number of rotatable bonds is 2. The van der Waals surface area contributed by atoms with Crippen molar-refractivity contribution in [2.75, 3.05) is 7.11 Å². The predicted octanol–water partition coefficient (Wildman–Crippen LogP) is -0.917. The minimum Gasteiger partial charge on any atom is -0.466 e. The van der Waals surface area contributed by atoms with Crippen molar-refractivity contribution in [1.82, 2.24) is 14.8 Å². The van der Waals surface area contributed by atoms with Gasteiger partial charge in [-0.25, -0.2) is 14.5 Å².